The van der Waals surface area contributed by atoms with Crippen molar-refractivity contribution in [2.75, 3.05) is 7.11 Å². The van der Waals surface area contributed by atoms with Crippen molar-refractivity contribution >= 4 is 0 Å². The quantitative estimate of drug-likeness (QED) is 0.722. The van der Waals surface area contributed by atoms with Crippen LogP contribution in [0.1, 0.15) is 46.1 Å². The predicted molar refractivity (Wildman–Crippen MR) is 75.6 cm³/mol. The molecule has 1 aromatic carbocycles. The number of benzene rings is 1. The first-order chi connectivity index (χ1) is 8.35. The molecule has 0 fully saturated rings. The summed E-state index contributed by atoms with van der Waals surface area (Å²) in [6, 6.07) is 10.3. The van der Waals surface area contributed by atoms with Crippen LogP contribution in [0.25, 0.3) is 0 Å². The van der Waals surface area contributed by atoms with Crippen LogP contribution in [0.15, 0.2) is 30.3 Å². The van der Waals surface area contributed by atoms with Gasteiger partial charge in [-0.15, -0.1) is 0 Å². The van der Waals surface area contributed by atoms with Gasteiger partial charge in [0.2, 0.25) is 0 Å². The molecule has 2 nitrogen and oxygen atoms in total. The third kappa shape index (κ3) is 5.65. The minimum Gasteiger partial charge on any atom is -0.379 e. The molecular formula is C16H26O2. The fourth-order valence-corrected chi connectivity index (χ4v) is 1.63. The fourth-order valence-electron chi connectivity index (χ4n) is 1.63. The first-order valence-electron chi connectivity index (χ1n) is 6.58. The summed E-state index contributed by atoms with van der Waals surface area (Å²) in [5.74, 6) is 0. The number of hydrogen-bond donors (Lipinski definition) is 0. The minimum absolute atomic E-state index is 0.0760. The zero-order valence-electron chi connectivity index (χ0n) is 12.3. The van der Waals surface area contributed by atoms with Crippen molar-refractivity contribution in [3.63, 3.8) is 0 Å². The van der Waals surface area contributed by atoms with Gasteiger partial charge in [0.25, 0.3) is 0 Å². The largest absolute Gasteiger partial charge is 0.379 e. The minimum atomic E-state index is -0.119. The second-order valence-electron chi connectivity index (χ2n) is 6.00. The lowest BCUT2D eigenvalue weighted by Gasteiger charge is -2.30. The van der Waals surface area contributed by atoms with E-state index in [0.29, 0.717) is 6.61 Å². The molecule has 0 aliphatic rings. The molecule has 1 aromatic rings. The van der Waals surface area contributed by atoms with Crippen LogP contribution < -0.4 is 0 Å². The van der Waals surface area contributed by atoms with Crippen molar-refractivity contribution in [2.24, 2.45) is 0 Å². The third-order valence-electron chi connectivity index (χ3n) is 3.35. The highest BCUT2D eigenvalue weighted by Gasteiger charge is 2.24. The zero-order chi connectivity index (χ0) is 13.6. The van der Waals surface area contributed by atoms with Gasteiger partial charge in [0.15, 0.2) is 0 Å². The van der Waals surface area contributed by atoms with Gasteiger partial charge in [0.05, 0.1) is 17.8 Å². The Morgan fingerprint density at radius 3 is 2.00 bits per heavy atom. The second-order valence-corrected chi connectivity index (χ2v) is 6.00. The van der Waals surface area contributed by atoms with Crippen LogP contribution in [-0.2, 0) is 16.1 Å². The molecule has 0 saturated carbocycles. The van der Waals surface area contributed by atoms with Crippen molar-refractivity contribution in [2.45, 2.75) is 58.3 Å². The highest BCUT2D eigenvalue weighted by Crippen LogP contribution is 2.25. The van der Waals surface area contributed by atoms with Crippen LogP contribution in [0.2, 0.25) is 0 Å². The summed E-state index contributed by atoms with van der Waals surface area (Å²) in [4.78, 5) is 0. The molecule has 0 aromatic heterocycles. The lowest BCUT2D eigenvalue weighted by atomic mass is 9.94. The van der Waals surface area contributed by atoms with Gasteiger partial charge < -0.3 is 9.47 Å². The average Bonchev–Trinajstić information content (AvgIpc) is 2.36. The van der Waals surface area contributed by atoms with Gasteiger partial charge in [-0.05, 0) is 46.1 Å². The average molecular weight is 250 g/mol. The van der Waals surface area contributed by atoms with Gasteiger partial charge in [-0.2, -0.15) is 0 Å². The van der Waals surface area contributed by atoms with E-state index in [1.54, 1.807) is 7.11 Å². The molecule has 18 heavy (non-hydrogen) atoms. The van der Waals surface area contributed by atoms with Gasteiger partial charge in [-0.1, -0.05) is 30.3 Å². The molecule has 1 rings (SSSR count). The Balaban J connectivity index is 2.40. The van der Waals surface area contributed by atoms with Crippen molar-refractivity contribution in [3.05, 3.63) is 35.9 Å². The summed E-state index contributed by atoms with van der Waals surface area (Å²) < 4.78 is 11.4. The van der Waals surface area contributed by atoms with Crippen molar-refractivity contribution < 1.29 is 9.47 Å². The molecule has 0 unspecified atom stereocenters. The SMILES string of the molecule is COC(C)(C)CCC(C)(C)OCc1ccccc1. The number of ether oxygens (including phenoxy) is 2. The van der Waals surface area contributed by atoms with Crippen LogP contribution >= 0.6 is 0 Å². The first kappa shape index (κ1) is 15.2. The highest BCUT2D eigenvalue weighted by atomic mass is 16.5. The topological polar surface area (TPSA) is 18.5 Å². The Hall–Kier alpha value is -0.860. The molecule has 0 saturated heterocycles. The molecule has 0 atom stereocenters. The maximum Gasteiger partial charge on any atom is 0.0724 e. The number of rotatable bonds is 7. The van der Waals surface area contributed by atoms with E-state index in [2.05, 4.69) is 39.8 Å². The maximum absolute atomic E-state index is 6.00. The van der Waals surface area contributed by atoms with Gasteiger partial charge in [0, 0.05) is 7.11 Å². The van der Waals surface area contributed by atoms with E-state index in [0.717, 1.165) is 12.8 Å². The summed E-state index contributed by atoms with van der Waals surface area (Å²) >= 11 is 0. The van der Waals surface area contributed by atoms with Crippen molar-refractivity contribution in [3.8, 4) is 0 Å². The van der Waals surface area contributed by atoms with Gasteiger partial charge in [-0.3, -0.25) is 0 Å². The molecule has 0 radical (unpaired) electrons. The van der Waals surface area contributed by atoms with Gasteiger partial charge >= 0.3 is 0 Å². The van der Waals surface area contributed by atoms with E-state index >= 15 is 0 Å². The fraction of sp³-hybridized carbons (Fsp3) is 0.625. The number of methoxy groups -OCH3 is 1. The highest BCUT2D eigenvalue weighted by molar-refractivity contribution is 5.13. The van der Waals surface area contributed by atoms with Crippen LogP contribution in [-0.4, -0.2) is 18.3 Å². The predicted octanol–water partition coefficient (Wildman–Crippen LogP) is 4.19. The summed E-state index contributed by atoms with van der Waals surface area (Å²) in [6.45, 7) is 9.17. The molecule has 0 spiro atoms. The van der Waals surface area contributed by atoms with Crippen molar-refractivity contribution in [1.29, 1.82) is 0 Å². The Kier molecular flexibility index (Phi) is 5.36. The third-order valence-corrected chi connectivity index (χ3v) is 3.35. The lowest BCUT2D eigenvalue weighted by Crippen LogP contribution is -2.30. The van der Waals surface area contributed by atoms with E-state index < -0.39 is 0 Å². The zero-order valence-corrected chi connectivity index (χ0v) is 12.3. The summed E-state index contributed by atoms with van der Waals surface area (Å²) in [5, 5.41) is 0. The standard InChI is InChI=1S/C16H26O2/c1-15(2,17-5)11-12-16(3,4)18-13-14-9-7-6-8-10-14/h6-10H,11-13H2,1-5H3. The molecule has 0 amide bonds. The lowest BCUT2D eigenvalue weighted by molar-refractivity contribution is -0.0588. The molecule has 0 N–H and O–H groups in total. The number of hydrogen-bond acceptors (Lipinski definition) is 2. The summed E-state index contributed by atoms with van der Waals surface area (Å²) in [7, 11) is 1.76. The molecule has 0 aliphatic carbocycles. The second kappa shape index (κ2) is 6.35. The van der Waals surface area contributed by atoms with E-state index in [9.17, 15) is 0 Å². The monoisotopic (exact) mass is 250 g/mol. The molecule has 0 aliphatic heterocycles. The molecule has 102 valence electrons. The van der Waals surface area contributed by atoms with E-state index in [4.69, 9.17) is 9.47 Å². The Morgan fingerprint density at radius 1 is 0.889 bits per heavy atom. The van der Waals surface area contributed by atoms with E-state index in [1.807, 2.05) is 18.2 Å². The van der Waals surface area contributed by atoms with Crippen LogP contribution in [0.4, 0.5) is 0 Å². The first-order valence-corrected chi connectivity index (χ1v) is 6.58. The molecule has 0 heterocycles. The Bertz CT molecular complexity index is 341. The van der Waals surface area contributed by atoms with Crippen LogP contribution in [0.3, 0.4) is 0 Å². The Morgan fingerprint density at radius 2 is 1.44 bits per heavy atom. The Labute approximate surface area is 111 Å². The van der Waals surface area contributed by atoms with Crippen LogP contribution in [0, 0.1) is 0 Å². The molecule has 0 bridgehead atoms. The molecular weight excluding hydrogens is 224 g/mol. The van der Waals surface area contributed by atoms with E-state index in [-0.39, 0.29) is 11.2 Å². The van der Waals surface area contributed by atoms with Gasteiger partial charge in [-0.25, -0.2) is 0 Å². The van der Waals surface area contributed by atoms with Crippen molar-refractivity contribution in [1.82, 2.24) is 0 Å². The van der Waals surface area contributed by atoms with Crippen LogP contribution in [0.5, 0.6) is 0 Å². The van der Waals surface area contributed by atoms with E-state index in [1.165, 1.54) is 5.56 Å². The normalized spacial score (nSPS) is 12.7. The smallest absolute Gasteiger partial charge is 0.0724 e. The summed E-state index contributed by atoms with van der Waals surface area (Å²) in [5.41, 5.74) is 1.02. The molecule has 2 heteroatoms. The summed E-state index contributed by atoms with van der Waals surface area (Å²) in [6.07, 6.45) is 1.98. The maximum atomic E-state index is 6.00. The van der Waals surface area contributed by atoms with Gasteiger partial charge in [0.1, 0.15) is 0 Å².